The summed E-state index contributed by atoms with van der Waals surface area (Å²) in [5, 5.41) is 5.20. The van der Waals surface area contributed by atoms with Crippen molar-refractivity contribution in [3.8, 4) is 0 Å². The van der Waals surface area contributed by atoms with E-state index in [1.54, 1.807) is 7.11 Å². The molecule has 0 bridgehead atoms. The van der Waals surface area contributed by atoms with Crippen LogP contribution in [0.2, 0.25) is 0 Å². The minimum Gasteiger partial charge on any atom is -0.375 e. The average molecular weight is 459 g/mol. The lowest BCUT2D eigenvalue weighted by Crippen LogP contribution is -2.62. The highest BCUT2D eigenvalue weighted by atomic mass is 32.2. The molecule has 7 atom stereocenters. The summed E-state index contributed by atoms with van der Waals surface area (Å²) in [6.45, 7) is 5.28. The first-order chi connectivity index (χ1) is 14.9. The molecule has 10 nitrogen and oxygen atoms in total. The third-order valence-corrected chi connectivity index (χ3v) is 10.1. The van der Waals surface area contributed by atoms with Crippen molar-refractivity contribution in [3.63, 3.8) is 0 Å². The lowest BCUT2D eigenvalue weighted by Gasteiger charge is -2.49. The summed E-state index contributed by atoms with van der Waals surface area (Å²) >= 11 is 0. The van der Waals surface area contributed by atoms with Gasteiger partial charge in [0.05, 0.1) is 19.4 Å². The van der Waals surface area contributed by atoms with E-state index in [1.165, 1.54) is 0 Å². The fourth-order valence-electron chi connectivity index (χ4n) is 6.31. The maximum absolute atomic E-state index is 13.3. The highest BCUT2D eigenvalue weighted by molar-refractivity contribution is 7.90. The van der Waals surface area contributed by atoms with Gasteiger partial charge in [-0.15, -0.1) is 0 Å². The predicted octanol–water partition coefficient (Wildman–Crippen LogP) is -1.13. The number of sulfonamides is 1. The fourth-order valence-corrected chi connectivity index (χ4v) is 7.85. The van der Waals surface area contributed by atoms with Crippen LogP contribution in [0.4, 0.5) is 0 Å². The molecule has 0 spiro atoms. The molecular formula is C20H38N6O4S. The topological polar surface area (TPSA) is 116 Å². The van der Waals surface area contributed by atoms with Crippen molar-refractivity contribution in [1.82, 2.24) is 31.3 Å². The molecule has 5 aliphatic rings. The van der Waals surface area contributed by atoms with Crippen LogP contribution in [-0.4, -0.2) is 88.5 Å². The number of hydrogen-bond acceptors (Lipinski definition) is 9. The van der Waals surface area contributed by atoms with E-state index in [9.17, 15) is 8.42 Å². The number of nitrogens with one attached hydrogen (secondary N) is 5. The summed E-state index contributed by atoms with van der Waals surface area (Å²) < 4.78 is 40.9. The van der Waals surface area contributed by atoms with Crippen molar-refractivity contribution in [2.45, 2.75) is 74.2 Å². The molecule has 5 N–H and O–H groups in total. The molecule has 5 fully saturated rings. The molecule has 4 saturated heterocycles. The standard InChI is InChI=1S/C20H38N6O4S/c1-13-19-16(24-23-13)4-3-5-17(19)25-31(27,28)15-9-22-26(10-15)18-8-14(6-7-21-18)20(29-2)11-30-12-20/h13-19,21-25H,3-12H2,1-2H3. The third-order valence-electron chi connectivity index (χ3n) is 8.31. The van der Waals surface area contributed by atoms with E-state index in [1.807, 2.05) is 0 Å². The molecule has 1 aliphatic carbocycles. The van der Waals surface area contributed by atoms with Crippen LogP contribution in [0.15, 0.2) is 0 Å². The average Bonchev–Trinajstić information content (AvgIpc) is 3.36. The number of nitrogens with zero attached hydrogens (tertiary/aromatic N) is 1. The Morgan fingerprint density at radius 3 is 2.77 bits per heavy atom. The maximum Gasteiger partial charge on any atom is 0.217 e. The molecule has 11 heteroatoms. The van der Waals surface area contributed by atoms with Gasteiger partial charge in [-0.2, -0.15) is 0 Å². The van der Waals surface area contributed by atoms with E-state index >= 15 is 0 Å². The summed E-state index contributed by atoms with van der Waals surface area (Å²) in [7, 11) is -1.64. The number of fused-ring (bicyclic) bond motifs is 1. The van der Waals surface area contributed by atoms with Crippen molar-refractivity contribution in [2.24, 2.45) is 11.8 Å². The first-order valence-electron chi connectivity index (χ1n) is 11.8. The summed E-state index contributed by atoms with van der Waals surface area (Å²) in [6, 6.07) is 0.609. The van der Waals surface area contributed by atoms with Crippen molar-refractivity contribution in [2.75, 3.05) is 40.0 Å². The third kappa shape index (κ3) is 4.17. The van der Waals surface area contributed by atoms with Crippen LogP contribution in [0.25, 0.3) is 0 Å². The molecule has 0 aromatic heterocycles. The minimum atomic E-state index is -3.42. The van der Waals surface area contributed by atoms with Gasteiger partial charge in [-0.3, -0.25) is 16.3 Å². The van der Waals surface area contributed by atoms with Crippen LogP contribution in [0.1, 0.15) is 39.0 Å². The van der Waals surface area contributed by atoms with Crippen LogP contribution >= 0.6 is 0 Å². The summed E-state index contributed by atoms with van der Waals surface area (Å²) in [5.41, 5.74) is 9.82. The summed E-state index contributed by atoms with van der Waals surface area (Å²) in [6.07, 6.45) is 5.13. The number of ether oxygens (including phenoxy) is 2. The van der Waals surface area contributed by atoms with Crippen LogP contribution in [0.5, 0.6) is 0 Å². The Hall–Kier alpha value is -0.370. The van der Waals surface area contributed by atoms with Crippen molar-refractivity contribution < 1.29 is 17.9 Å². The van der Waals surface area contributed by atoms with Gasteiger partial charge in [0.15, 0.2) is 0 Å². The largest absolute Gasteiger partial charge is 0.375 e. The summed E-state index contributed by atoms with van der Waals surface area (Å²) in [4.78, 5) is 0. The first-order valence-corrected chi connectivity index (χ1v) is 13.3. The molecule has 0 aromatic rings. The number of hydrazine groups is 2. The normalized spacial score (nSPS) is 43.5. The predicted molar refractivity (Wildman–Crippen MR) is 116 cm³/mol. The van der Waals surface area contributed by atoms with E-state index in [0.717, 1.165) is 38.6 Å². The van der Waals surface area contributed by atoms with E-state index in [0.29, 0.717) is 44.2 Å². The Morgan fingerprint density at radius 2 is 2.03 bits per heavy atom. The van der Waals surface area contributed by atoms with Gasteiger partial charge in [0.25, 0.3) is 0 Å². The Morgan fingerprint density at radius 1 is 1.19 bits per heavy atom. The van der Waals surface area contributed by atoms with Gasteiger partial charge >= 0.3 is 0 Å². The molecule has 0 aromatic carbocycles. The fraction of sp³-hybridized carbons (Fsp3) is 1.00. The van der Waals surface area contributed by atoms with Crippen molar-refractivity contribution >= 4 is 10.0 Å². The van der Waals surface area contributed by atoms with Gasteiger partial charge in [-0.1, -0.05) is 6.42 Å². The summed E-state index contributed by atoms with van der Waals surface area (Å²) in [5.74, 6) is 0.709. The second-order valence-corrected chi connectivity index (χ2v) is 12.0. The second kappa shape index (κ2) is 8.77. The van der Waals surface area contributed by atoms with E-state index in [2.05, 4.69) is 38.2 Å². The molecule has 5 rings (SSSR count). The molecule has 4 aliphatic heterocycles. The lowest BCUT2D eigenvalue weighted by atomic mass is 9.78. The zero-order valence-electron chi connectivity index (χ0n) is 18.6. The molecular weight excluding hydrogens is 420 g/mol. The SMILES string of the molecule is COC1(C2CCNC(N3CC(S(=O)(=O)NC4CCCC5NNC(C)C54)CN3)C2)COC1. The minimum absolute atomic E-state index is 0.00679. The van der Waals surface area contributed by atoms with Gasteiger partial charge < -0.3 is 14.8 Å². The monoisotopic (exact) mass is 458 g/mol. The van der Waals surface area contributed by atoms with Gasteiger partial charge in [-0.25, -0.2) is 18.1 Å². The maximum atomic E-state index is 13.3. The highest BCUT2D eigenvalue weighted by Gasteiger charge is 2.49. The number of rotatable bonds is 6. The highest BCUT2D eigenvalue weighted by Crippen LogP contribution is 2.37. The smallest absolute Gasteiger partial charge is 0.217 e. The zero-order valence-corrected chi connectivity index (χ0v) is 19.4. The molecule has 178 valence electrons. The van der Waals surface area contributed by atoms with Gasteiger partial charge in [0.1, 0.15) is 10.9 Å². The lowest BCUT2D eigenvalue weighted by molar-refractivity contribution is -0.230. The first kappa shape index (κ1) is 22.4. The number of hydrogen-bond donors (Lipinski definition) is 5. The van der Waals surface area contributed by atoms with E-state index in [4.69, 9.17) is 9.47 Å². The van der Waals surface area contributed by atoms with Gasteiger partial charge in [-0.05, 0) is 45.1 Å². The quantitative estimate of drug-likeness (QED) is 0.337. The molecule has 7 unspecified atom stereocenters. The Bertz CT molecular complexity index is 742. The molecule has 0 radical (unpaired) electrons. The van der Waals surface area contributed by atoms with E-state index < -0.39 is 15.3 Å². The van der Waals surface area contributed by atoms with Crippen LogP contribution in [0.3, 0.4) is 0 Å². The van der Waals surface area contributed by atoms with Crippen LogP contribution in [0, 0.1) is 11.8 Å². The van der Waals surface area contributed by atoms with E-state index in [-0.39, 0.29) is 23.9 Å². The Balaban J connectivity index is 1.20. The zero-order chi connectivity index (χ0) is 21.6. The molecule has 4 heterocycles. The number of piperidine rings is 1. The van der Waals surface area contributed by atoms with Crippen LogP contribution < -0.4 is 26.3 Å². The molecule has 1 saturated carbocycles. The Kier molecular flexibility index (Phi) is 6.34. The van der Waals surface area contributed by atoms with Crippen LogP contribution in [-0.2, 0) is 19.5 Å². The number of methoxy groups -OCH3 is 1. The Labute approximate surface area is 185 Å². The van der Waals surface area contributed by atoms with Crippen molar-refractivity contribution in [1.29, 1.82) is 0 Å². The van der Waals surface area contributed by atoms with Crippen molar-refractivity contribution in [3.05, 3.63) is 0 Å². The van der Waals surface area contributed by atoms with Gasteiger partial charge in [0.2, 0.25) is 10.0 Å². The van der Waals surface area contributed by atoms with Gasteiger partial charge in [0, 0.05) is 44.2 Å². The molecule has 31 heavy (non-hydrogen) atoms. The second-order valence-electron chi connectivity index (χ2n) is 10.1. The molecule has 0 amide bonds.